The van der Waals surface area contributed by atoms with Crippen LogP contribution in [0.2, 0.25) is 5.02 Å². The zero-order valence-electron chi connectivity index (χ0n) is 7.94. The van der Waals surface area contributed by atoms with Gasteiger partial charge in [-0.1, -0.05) is 11.6 Å². The van der Waals surface area contributed by atoms with Gasteiger partial charge in [-0.05, 0) is 28.1 Å². The maximum Gasteiger partial charge on any atom is 0.307 e. The lowest BCUT2D eigenvalue weighted by Crippen LogP contribution is -2.28. The summed E-state index contributed by atoms with van der Waals surface area (Å²) in [5.74, 6) is -1.09. The molecule has 1 unspecified atom stereocenters. The minimum Gasteiger partial charge on any atom is -0.481 e. The fourth-order valence-corrected chi connectivity index (χ4v) is 2.11. The number of aliphatic imine (C=N–C) groups is 1. The highest BCUT2D eigenvalue weighted by Crippen LogP contribution is 2.41. The number of rotatable bonds is 2. The Bertz CT molecular complexity index is 503. The van der Waals surface area contributed by atoms with Crippen LogP contribution >= 0.6 is 27.5 Å². The van der Waals surface area contributed by atoms with Crippen molar-refractivity contribution in [2.75, 3.05) is 0 Å². The van der Waals surface area contributed by atoms with Gasteiger partial charge >= 0.3 is 5.97 Å². The zero-order valence-corrected chi connectivity index (χ0v) is 10.3. The summed E-state index contributed by atoms with van der Waals surface area (Å²) in [5, 5.41) is 19.3. The molecule has 0 saturated heterocycles. The van der Waals surface area contributed by atoms with Gasteiger partial charge in [-0.15, -0.1) is 0 Å². The standard InChI is InChI=1S/C10H7BrClNO3/c11-6-1-5-8(2-7(6)12)13-4-10(5,16)3-9(14)15/h1-2,4,16H,3H2,(H,14,15). The van der Waals surface area contributed by atoms with Crippen LogP contribution in [0, 0.1) is 0 Å². The van der Waals surface area contributed by atoms with Gasteiger partial charge in [0.1, 0.15) is 5.60 Å². The molecule has 6 heteroatoms. The number of carboxylic acid groups (broad SMARTS) is 1. The van der Waals surface area contributed by atoms with E-state index < -0.39 is 18.0 Å². The summed E-state index contributed by atoms with van der Waals surface area (Å²) in [6, 6.07) is 3.17. The van der Waals surface area contributed by atoms with E-state index in [0.29, 0.717) is 20.7 Å². The van der Waals surface area contributed by atoms with Crippen molar-refractivity contribution < 1.29 is 15.0 Å². The summed E-state index contributed by atoms with van der Waals surface area (Å²) in [5.41, 5.74) is -0.600. The van der Waals surface area contributed by atoms with Crippen molar-refractivity contribution >= 4 is 45.4 Å². The second kappa shape index (κ2) is 3.84. The predicted octanol–water partition coefficient (Wildman–Crippen LogP) is 2.48. The van der Waals surface area contributed by atoms with E-state index in [1.54, 1.807) is 12.1 Å². The first-order valence-corrected chi connectivity index (χ1v) is 5.58. The highest BCUT2D eigenvalue weighted by molar-refractivity contribution is 9.10. The second-order valence-electron chi connectivity index (χ2n) is 3.54. The highest BCUT2D eigenvalue weighted by atomic mass is 79.9. The number of hydrogen-bond acceptors (Lipinski definition) is 3. The molecule has 0 spiro atoms. The van der Waals surface area contributed by atoms with E-state index in [2.05, 4.69) is 20.9 Å². The van der Waals surface area contributed by atoms with Crippen LogP contribution in [0.3, 0.4) is 0 Å². The van der Waals surface area contributed by atoms with E-state index in [9.17, 15) is 9.90 Å². The van der Waals surface area contributed by atoms with Crippen LogP contribution in [0.4, 0.5) is 5.69 Å². The lowest BCUT2D eigenvalue weighted by molar-refractivity contribution is -0.140. The van der Waals surface area contributed by atoms with Crippen molar-refractivity contribution in [1.29, 1.82) is 0 Å². The Morgan fingerprint density at radius 2 is 2.25 bits per heavy atom. The molecule has 16 heavy (non-hydrogen) atoms. The van der Waals surface area contributed by atoms with Crippen molar-refractivity contribution in [3.63, 3.8) is 0 Å². The molecule has 1 aromatic carbocycles. The fraction of sp³-hybridized carbons (Fsp3) is 0.200. The van der Waals surface area contributed by atoms with Gasteiger partial charge in [0.05, 0.1) is 17.1 Å². The minimum atomic E-state index is -1.55. The summed E-state index contributed by atoms with van der Waals surface area (Å²) >= 11 is 9.09. The Balaban J connectivity index is 2.50. The molecule has 0 aliphatic carbocycles. The Hall–Kier alpha value is -0.910. The number of nitrogens with zero attached hydrogens (tertiary/aromatic N) is 1. The van der Waals surface area contributed by atoms with Crippen molar-refractivity contribution in [3.05, 3.63) is 27.2 Å². The summed E-state index contributed by atoms with van der Waals surface area (Å²) < 4.78 is 0.599. The van der Waals surface area contributed by atoms with Crippen molar-refractivity contribution in [3.8, 4) is 0 Å². The number of aliphatic hydroxyl groups is 1. The van der Waals surface area contributed by atoms with Gasteiger partial charge in [0.25, 0.3) is 0 Å². The number of carboxylic acids is 1. The SMILES string of the molecule is O=C(O)CC1(O)C=Nc2cc(Cl)c(Br)cc21. The van der Waals surface area contributed by atoms with Crippen molar-refractivity contribution in [1.82, 2.24) is 0 Å². The van der Waals surface area contributed by atoms with Crippen LogP contribution in [0.1, 0.15) is 12.0 Å². The molecule has 1 aromatic rings. The first kappa shape index (κ1) is 11.6. The molecule has 4 nitrogen and oxygen atoms in total. The molecule has 0 bridgehead atoms. The van der Waals surface area contributed by atoms with Gasteiger partial charge in [-0.2, -0.15) is 0 Å². The number of halogens is 2. The van der Waals surface area contributed by atoms with E-state index in [-0.39, 0.29) is 0 Å². The van der Waals surface area contributed by atoms with E-state index in [1.165, 1.54) is 6.21 Å². The van der Waals surface area contributed by atoms with Crippen LogP contribution in [0.25, 0.3) is 0 Å². The summed E-state index contributed by atoms with van der Waals surface area (Å²) in [6.07, 6.45) is 0.812. The smallest absolute Gasteiger partial charge is 0.307 e. The molecule has 2 rings (SSSR count). The fourth-order valence-electron chi connectivity index (χ4n) is 1.61. The molecule has 0 aromatic heterocycles. The normalized spacial score (nSPS) is 22.2. The third-order valence-electron chi connectivity index (χ3n) is 2.34. The number of hydrogen-bond donors (Lipinski definition) is 2. The van der Waals surface area contributed by atoms with Gasteiger partial charge in [0, 0.05) is 16.3 Å². The van der Waals surface area contributed by atoms with Crippen LogP contribution < -0.4 is 0 Å². The largest absolute Gasteiger partial charge is 0.481 e. The molecule has 0 saturated carbocycles. The second-order valence-corrected chi connectivity index (χ2v) is 4.80. The topological polar surface area (TPSA) is 69.9 Å². The zero-order chi connectivity index (χ0) is 11.9. The molecule has 1 atom stereocenters. The first-order chi connectivity index (χ1) is 7.42. The van der Waals surface area contributed by atoms with E-state index in [0.717, 1.165) is 0 Å². The molecular formula is C10H7BrClNO3. The third-order valence-corrected chi connectivity index (χ3v) is 3.54. The summed E-state index contributed by atoms with van der Waals surface area (Å²) in [6.45, 7) is 0. The Labute approximate surface area is 105 Å². The van der Waals surface area contributed by atoms with Crippen LogP contribution in [-0.4, -0.2) is 22.4 Å². The molecule has 2 N–H and O–H groups in total. The number of carbonyl (C=O) groups is 1. The van der Waals surface area contributed by atoms with E-state index >= 15 is 0 Å². The first-order valence-electron chi connectivity index (χ1n) is 4.41. The monoisotopic (exact) mass is 303 g/mol. The maximum atomic E-state index is 10.7. The van der Waals surface area contributed by atoms with E-state index in [1.807, 2.05) is 0 Å². The molecule has 0 radical (unpaired) electrons. The van der Waals surface area contributed by atoms with Crippen molar-refractivity contribution in [2.24, 2.45) is 4.99 Å². The molecular weight excluding hydrogens is 297 g/mol. The lowest BCUT2D eigenvalue weighted by Gasteiger charge is -2.19. The van der Waals surface area contributed by atoms with Gasteiger partial charge in [0.2, 0.25) is 0 Å². The average molecular weight is 305 g/mol. The number of aliphatic carboxylic acids is 1. The third kappa shape index (κ3) is 1.86. The number of fused-ring (bicyclic) bond motifs is 1. The highest BCUT2D eigenvalue weighted by Gasteiger charge is 2.36. The van der Waals surface area contributed by atoms with Crippen molar-refractivity contribution in [2.45, 2.75) is 12.0 Å². The Morgan fingerprint density at radius 3 is 2.88 bits per heavy atom. The quantitative estimate of drug-likeness (QED) is 0.882. The van der Waals surface area contributed by atoms with Crippen LogP contribution in [0.15, 0.2) is 21.6 Å². The van der Waals surface area contributed by atoms with Crippen LogP contribution in [0.5, 0.6) is 0 Å². The van der Waals surface area contributed by atoms with Gasteiger partial charge < -0.3 is 10.2 Å². The maximum absolute atomic E-state index is 10.7. The molecule has 84 valence electrons. The molecule has 0 fully saturated rings. The summed E-state index contributed by atoms with van der Waals surface area (Å²) in [4.78, 5) is 14.6. The van der Waals surface area contributed by atoms with E-state index in [4.69, 9.17) is 16.7 Å². The predicted molar refractivity (Wildman–Crippen MR) is 63.5 cm³/mol. The molecule has 1 aliphatic heterocycles. The van der Waals surface area contributed by atoms with Crippen LogP contribution in [-0.2, 0) is 10.4 Å². The van der Waals surface area contributed by atoms with Gasteiger partial charge in [-0.25, -0.2) is 0 Å². The lowest BCUT2D eigenvalue weighted by atomic mass is 9.93. The Morgan fingerprint density at radius 1 is 1.56 bits per heavy atom. The number of benzene rings is 1. The average Bonchev–Trinajstić information content (AvgIpc) is 2.45. The molecule has 0 amide bonds. The van der Waals surface area contributed by atoms with Gasteiger partial charge in [0.15, 0.2) is 0 Å². The Kier molecular flexibility index (Phi) is 2.77. The molecule has 1 heterocycles. The summed E-state index contributed by atoms with van der Waals surface area (Å²) in [7, 11) is 0. The molecule has 1 aliphatic rings. The minimum absolute atomic E-state index is 0.419. The van der Waals surface area contributed by atoms with Gasteiger partial charge in [-0.3, -0.25) is 9.79 Å².